The molecule has 5 rings (SSSR count). The minimum Gasteiger partial charge on any atom is -0.395 e. The van der Waals surface area contributed by atoms with E-state index in [1.807, 2.05) is 6.07 Å². The Balaban J connectivity index is 1.29. The highest BCUT2D eigenvalue weighted by Crippen LogP contribution is 2.40. The first-order valence-corrected chi connectivity index (χ1v) is 12.4. The van der Waals surface area contributed by atoms with Crippen molar-refractivity contribution in [2.45, 2.75) is 51.4 Å². The van der Waals surface area contributed by atoms with E-state index in [0.29, 0.717) is 34.4 Å². The summed E-state index contributed by atoms with van der Waals surface area (Å²) < 4.78 is 0. The second kappa shape index (κ2) is 9.90. The third-order valence-corrected chi connectivity index (χ3v) is 7.19. The molecule has 34 heavy (non-hydrogen) atoms. The first-order valence-electron chi connectivity index (χ1n) is 12.1. The summed E-state index contributed by atoms with van der Waals surface area (Å²) in [5.41, 5.74) is 5.98. The van der Waals surface area contributed by atoms with Gasteiger partial charge >= 0.3 is 0 Å². The van der Waals surface area contributed by atoms with Crippen molar-refractivity contribution in [1.29, 1.82) is 0 Å². The molecule has 0 bridgehead atoms. The van der Waals surface area contributed by atoms with Crippen LogP contribution in [0.15, 0.2) is 24.4 Å². The van der Waals surface area contributed by atoms with Gasteiger partial charge in [0.05, 0.1) is 12.8 Å². The number of nitrogens with zero attached hydrogens (tertiary/aromatic N) is 4. The smallest absolute Gasteiger partial charge is 0.229 e. The van der Waals surface area contributed by atoms with Crippen molar-refractivity contribution in [3.05, 3.63) is 51.8 Å². The molecule has 0 unspecified atom stereocenters. The van der Waals surface area contributed by atoms with Crippen LogP contribution in [0.3, 0.4) is 0 Å². The summed E-state index contributed by atoms with van der Waals surface area (Å²) in [6.45, 7) is 7.37. The maximum Gasteiger partial charge on any atom is 0.229 e. The highest BCUT2D eigenvalue weighted by molar-refractivity contribution is 6.32. The predicted octanol–water partition coefficient (Wildman–Crippen LogP) is 5.01. The Hall–Kier alpha value is -2.68. The Morgan fingerprint density at radius 2 is 1.85 bits per heavy atom. The van der Waals surface area contributed by atoms with Crippen LogP contribution in [0.2, 0.25) is 5.02 Å². The molecule has 3 aromatic rings. The van der Waals surface area contributed by atoms with Crippen molar-refractivity contribution in [2.24, 2.45) is 0 Å². The van der Waals surface area contributed by atoms with Crippen LogP contribution in [0.5, 0.6) is 0 Å². The molecule has 0 atom stereocenters. The number of likely N-dealkylation sites (tertiary alicyclic amines) is 1. The number of aryl methyl sites for hydroxylation is 2. The highest BCUT2D eigenvalue weighted by atomic mass is 35.5. The second-order valence-corrected chi connectivity index (χ2v) is 9.89. The summed E-state index contributed by atoms with van der Waals surface area (Å²) in [5.74, 6) is 2.86. The van der Waals surface area contributed by atoms with E-state index in [4.69, 9.17) is 11.6 Å². The maximum absolute atomic E-state index is 9.19. The van der Waals surface area contributed by atoms with Gasteiger partial charge in [0, 0.05) is 29.9 Å². The number of aromatic amines is 1. The fourth-order valence-corrected chi connectivity index (χ4v) is 4.92. The lowest BCUT2D eigenvalue weighted by molar-refractivity contribution is 0.164. The van der Waals surface area contributed by atoms with Gasteiger partial charge in [0.25, 0.3) is 0 Å². The molecule has 1 saturated heterocycles. The Labute approximate surface area is 205 Å². The number of piperidine rings is 1. The predicted molar refractivity (Wildman–Crippen MR) is 136 cm³/mol. The molecular weight excluding hydrogens is 450 g/mol. The van der Waals surface area contributed by atoms with Crippen LogP contribution in [0.1, 0.15) is 59.9 Å². The van der Waals surface area contributed by atoms with E-state index in [0.717, 1.165) is 49.4 Å². The molecule has 180 valence electrons. The van der Waals surface area contributed by atoms with Gasteiger partial charge in [-0.3, -0.25) is 5.10 Å². The molecule has 1 aromatic carbocycles. The summed E-state index contributed by atoms with van der Waals surface area (Å²) in [6, 6.07) is 6.50. The maximum atomic E-state index is 9.19. The minimum absolute atomic E-state index is 0.233. The number of nitrogens with one attached hydrogen (secondary N) is 3. The molecule has 2 aromatic heterocycles. The minimum atomic E-state index is 0.233. The summed E-state index contributed by atoms with van der Waals surface area (Å²) in [6.07, 6.45) is 6.27. The lowest BCUT2D eigenvalue weighted by Gasteiger charge is -2.32. The van der Waals surface area contributed by atoms with Gasteiger partial charge in [-0.05, 0) is 81.3 Å². The van der Waals surface area contributed by atoms with Crippen molar-refractivity contribution >= 4 is 34.9 Å². The van der Waals surface area contributed by atoms with Gasteiger partial charge in [-0.15, -0.1) is 0 Å². The van der Waals surface area contributed by atoms with Crippen molar-refractivity contribution in [1.82, 2.24) is 25.1 Å². The van der Waals surface area contributed by atoms with Crippen LogP contribution in [-0.4, -0.2) is 56.4 Å². The standard InChI is InChI=1S/C25H32ClN7O/c1-15-12-21(16(2)11-19(15)17-5-7-33(8-6-17)9-10-34)28-25-27-14-20(26)24(30-25)29-23-13-22(31-32-23)18-3-4-18/h11-14,17-18,34H,3-10H2,1-2H3,(H3,27,28,29,30,31,32). The molecule has 8 nitrogen and oxygen atoms in total. The molecule has 0 spiro atoms. The Bertz CT molecular complexity index is 1150. The lowest BCUT2D eigenvalue weighted by atomic mass is 9.85. The summed E-state index contributed by atoms with van der Waals surface area (Å²) >= 11 is 6.35. The van der Waals surface area contributed by atoms with E-state index in [1.54, 1.807) is 6.20 Å². The molecule has 3 heterocycles. The first kappa shape index (κ1) is 23.1. The number of benzene rings is 1. The van der Waals surface area contributed by atoms with Gasteiger partial charge < -0.3 is 20.6 Å². The molecule has 0 amide bonds. The fraction of sp³-hybridized carbons (Fsp3) is 0.480. The first-order chi connectivity index (χ1) is 16.5. The number of rotatable bonds is 8. The fourth-order valence-electron chi connectivity index (χ4n) is 4.78. The lowest BCUT2D eigenvalue weighted by Crippen LogP contribution is -2.35. The number of halogens is 1. The van der Waals surface area contributed by atoms with E-state index < -0.39 is 0 Å². The molecule has 2 aliphatic rings. The molecule has 1 aliphatic carbocycles. The molecule has 1 aliphatic heterocycles. The van der Waals surface area contributed by atoms with Crippen molar-refractivity contribution in [2.75, 3.05) is 36.9 Å². The van der Waals surface area contributed by atoms with Crippen LogP contribution in [-0.2, 0) is 0 Å². The van der Waals surface area contributed by atoms with Gasteiger partial charge in [0.2, 0.25) is 5.95 Å². The number of aliphatic hydroxyl groups excluding tert-OH is 1. The largest absolute Gasteiger partial charge is 0.395 e. The average Bonchev–Trinajstić information content (AvgIpc) is 3.58. The number of aliphatic hydroxyl groups is 1. The number of hydrogen-bond donors (Lipinski definition) is 4. The summed E-state index contributed by atoms with van der Waals surface area (Å²) in [5, 5.41) is 23.6. The third kappa shape index (κ3) is 5.19. The van der Waals surface area contributed by atoms with Gasteiger partial charge in [0.15, 0.2) is 11.6 Å². The highest BCUT2D eigenvalue weighted by Gasteiger charge is 2.26. The molecule has 4 N–H and O–H groups in total. The van der Waals surface area contributed by atoms with Gasteiger partial charge in [0.1, 0.15) is 5.02 Å². The summed E-state index contributed by atoms with van der Waals surface area (Å²) in [7, 11) is 0. The monoisotopic (exact) mass is 481 g/mol. The van der Waals surface area contributed by atoms with E-state index in [9.17, 15) is 5.11 Å². The molecule has 9 heteroatoms. The Morgan fingerprint density at radius 1 is 1.06 bits per heavy atom. The third-order valence-electron chi connectivity index (χ3n) is 6.91. The number of anilines is 4. The van der Waals surface area contributed by atoms with Gasteiger partial charge in [-0.25, -0.2) is 4.98 Å². The van der Waals surface area contributed by atoms with Gasteiger partial charge in [-0.2, -0.15) is 10.1 Å². The quantitative estimate of drug-likeness (QED) is 0.359. The van der Waals surface area contributed by atoms with Gasteiger partial charge in [-0.1, -0.05) is 17.7 Å². The Morgan fingerprint density at radius 3 is 2.59 bits per heavy atom. The Kier molecular flexibility index (Phi) is 6.72. The number of hydrogen-bond acceptors (Lipinski definition) is 7. The van der Waals surface area contributed by atoms with Crippen LogP contribution in [0.25, 0.3) is 0 Å². The topological polar surface area (TPSA) is 102 Å². The van der Waals surface area contributed by atoms with E-state index >= 15 is 0 Å². The van der Waals surface area contributed by atoms with Crippen LogP contribution in [0, 0.1) is 13.8 Å². The molecule has 2 fully saturated rings. The zero-order chi connectivity index (χ0) is 23.7. The zero-order valence-corrected chi connectivity index (χ0v) is 20.5. The normalized spacial score (nSPS) is 17.2. The average molecular weight is 482 g/mol. The van der Waals surface area contributed by atoms with E-state index in [1.165, 1.54) is 24.0 Å². The number of H-pyrrole nitrogens is 1. The van der Waals surface area contributed by atoms with Crippen LogP contribution >= 0.6 is 11.6 Å². The number of β-amino-alcohol motifs (C(OH)–C–C–N with tert-alkyl or cyclic N) is 1. The van der Waals surface area contributed by atoms with Crippen molar-refractivity contribution < 1.29 is 5.11 Å². The summed E-state index contributed by atoms with van der Waals surface area (Å²) in [4.78, 5) is 11.3. The van der Waals surface area contributed by atoms with Crippen LogP contribution in [0.4, 0.5) is 23.3 Å². The molecule has 1 saturated carbocycles. The van der Waals surface area contributed by atoms with E-state index in [2.05, 4.69) is 61.7 Å². The molecule has 0 radical (unpaired) electrons. The second-order valence-electron chi connectivity index (χ2n) is 9.49. The van der Waals surface area contributed by atoms with Crippen LogP contribution < -0.4 is 10.6 Å². The zero-order valence-electron chi connectivity index (χ0n) is 19.7. The van der Waals surface area contributed by atoms with E-state index in [-0.39, 0.29) is 6.61 Å². The number of aromatic nitrogens is 4. The molecular formula is C25H32ClN7O. The SMILES string of the molecule is Cc1cc(C2CCN(CCO)CC2)c(C)cc1Nc1ncc(Cl)c(Nc2cc(C3CC3)[nH]n2)n1. The van der Waals surface area contributed by atoms with Crippen molar-refractivity contribution in [3.8, 4) is 0 Å². The van der Waals surface area contributed by atoms with Crippen molar-refractivity contribution in [3.63, 3.8) is 0 Å².